The van der Waals surface area contributed by atoms with Crippen molar-refractivity contribution in [3.8, 4) is 0 Å². The van der Waals surface area contributed by atoms with Gasteiger partial charge in [-0.3, -0.25) is 0 Å². The summed E-state index contributed by atoms with van der Waals surface area (Å²) >= 11 is 0. The van der Waals surface area contributed by atoms with Crippen molar-refractivity contribution in [2.24, 2.45) is 0 Å². The minimum atomic E-state index is 0.825. The predicted octanol–water partition coefficient (Wildman–Crippen LogP) is 2.52. The van der Waals surface area contributed by atoms with Crippen LogP contribution in [0.15, 0.2) is 55.3 Å². The third-order valence-corrected chi connectivity index (χ3v) is 1.69. The molecule has 0 aromatic heterocycles. The largest absolute Gasteiger partial charge is 0.388 e. The van der Waals surface area contributed by atoms with E-state index < -0.39 is 0 Å². The molecular formula is C12H15N. The van der Waals surface area contributed by atoms with Crippen molar-refractivity contribution in [3.63, 3.8) is 0 Å². The van der Waals surface area contributed by atoms with E-state index in [0.717, 1.165) is 13.0 Å². The highest BCUT2D eigenvalue weighted by Crippen LogP contribution is 1.99. The lowest BCUT2D eigenvalue weighted by molar-refractivity contribution is 0.978. The van der Waals surface area contributed by atoms with Gasteiger partial charge in [-0.2, -0.15) is 0 Å². The highest BCUT2D eigenvalue weighted by Gasteiger charge is 1.84. The minimum absolute atomic E-state index is 0.825. The van der Waals surface area contributed by atoms with E-state index in [4.69, 9.17) is 0 Å². The SMILES string of the molecule is C=CCNC=CCc1ccccc1. The molecule has 1 heteroatoms. The molecule has 1 aromatic carbocycles. The first-order chi connectivity index (χ1) is 6.43. The van der Waals surface area contributed by atoms with Gasteiger partial charge in [0.2, 0.25) is 0 Å². The summed E-state index contributed by atoms with van der Waals surface area (Å²) < 4.78 is 0. The number of hydrogen-bond donors (Lipinski definition) is 1. The Hall–Kier alpha value is -1.50. The van der Waals surface area contributed by atoms with Crippen molar-refractivity contribution >= 4 is 0 Å². The fourth-order valence-corrected chi connectivity index (χ4v) is 1.04. The molecule has 0 saturated heterocycles. The van der Waals surface area contributed by atoms with Crippen LogP contribution in [0.3, 0.4) is 0 Å². The van der Waals surface area contributed by atoms with Crippen LogP contribution in [0.2, 0.25) is 0 Å². The fraction of sp³-hybridized carbons (Fsp3) is 0.167. The summed E-state index contributed by atoms with van der Waals surface area (Å²) in [6, 6.07) is 10.4. The number of benzene rings is 1. The van der Waals surface area contributed by atoms with E-state index in [-0.39, 0.29) is 0 Å². The molecule has 68 valence electrons. The molecule has 0 saturated carbocycles. The van der Waals surface area contributed by atoms with Crippen molar-refractivity contribution in [2.75, 3.05) is 6.54 Å². The third kappa shape index (κ3) is 4.16. The molecule has 0 fully saturated rings. The molecule has 0 radical (unpaired) electrons. The smallest absolute Gasteiger partial charge is 0.0322 e. The fourth-order valence-electron chi connectivity index (χ4n) is 1.04. The molecular weight excluding hydrogens is 158 g/mol. The highest BCUT2D eigenvalue weighted by atomic mass is 14.8. The summed E-state index contributed by atoms with van der Waals surface area (Å²) in [5.41, 5.74) is 1.33. The molecule has 0 unspecified atom stereocenters. The Morgan fingerprint density at radius 3 is 2.69 bits per heavy atom. The quantitative estimate of drug-likeness (QED) is 0.533. The van der Waals surface area contributed by atoms with E-state index in [1.165, 1.54) is 5.56 Å². The lowest BCUT2D eigenvalue weighted by Gasteiger charge is -1.95. The topological polar surface area (TPSA) is 12.0 Å². The highest BCUT2D eigenvalue weighted by molar-refractivity contribution is 5.17. The van der Waals surface area contributed by atoms with Crippen LogP contribution in [0.4, 0.5) is 0 Å². The van der Waals surface area contributed by atoms with E-state index in [0.29, 0.717) is 0 Å². The van der Waals surface area contributed by atoms with Crippen LogP contribution >= 0.6 is 0 Å². The van der Waals surface area contributed by atoms with E-state index in [2.05, 4.69) is 42.2 Å². The van der Waals surface area contributed by atoms with Crippen LogP contribution in [0.5, 0.6) is 0 Å². The molecule has 1 aromatic rings. The first-order valence-corrected chi connectivity index (χ1v) is 4.46. The minimum Gasteiger partial charge on any atom is -0.388 e. The Bertz CT molecular complexity index is 262. The van der Waals surface area contributed by atoms with Crippen molar-refractivity contribution in [1.82, 2.24) is 5.32 Å². The van der Waals surface area contributed by atoms with Crippen molar-refractivity contribution in [3.05, 3.63) is 60.8 Å². The summed E-state index contributed by atoms with van der Waals surface area (Å²) in [4.78, 5) is 0. The lowest BCUT2D eigenvalue weighted by atomic mass is 10.1. The van der Waals surface area contributed by atoms with E-state index in [1.54, 1.807) is 0 Å². The molecule has 1 nitrogen and oxygen atoms in total. The third-order valence-electron chi connectivity index (χ3n) is 1.69. The zero-order valence-corrected chi connectivity index (χ0v) is 7.74. The Morgan fingerprint density at radius 2 is 2.00 bits per heavy atom. The normalized spacial score (nSPS) is 10.2. The number of hydrogen-bond acceptors (Lipinski definition) is 1. The monoisotopic (exact) mass is 173 g/mol. The van der Waals surface area contributed by atoms with Crippen molar-refractivity contribution < 1.29 is 0 Å². The first kappa shape index (κ1) is 9.59. The summed E-state index contributed by atoms with van der Waals surface area (Å²) in [6.45, 7) is 4.44. The van der Waals surface area contributed by atoms with Crippen molar-refractivity contribution in [2.45, 2.75) is 6.42 Å². The lowest BCUT2D eigenvalue weighted by Crippen LogP contribution is -2.02. The molecule has 0 aliphatic carbocycles. The van der Waals surface area contributed by atoms with Gasteiger partial charge in [-0.25, -0.2) is 0 Å². The van der Waals surface area contributed by atoms with Gasteiger partial charge < -0.3 is 5.32 Å². The van der Waals surface area contributed by atoms with Gasteiger partial charge in [-0.1, -0.05) is 42.5 Å². The van der Waals surface area contributed by atoms with Gasteiger partial charge in [0, 0.05) is 6.54 Å². The summed E-state index contributed by atoms with van der Waals surface area (Å²) in [7, 11) is 0. The van der Waals surface area contributed by atoms with E-state index >= 15 is 0 Å². The first-order valence-electron chi connectivity index (χ1n) is 4.46. The predicted molar refractivity (Wildman–Crippen MR) is 57.5 cm³/mol. The molecule has 0 aliphatic heterocycles. The van der Waals surface area contributed by atoms with Crippen LogP contribution in [0.1, 0.15) is 5.56 Å². The second-order valence-electron chi connectivity index (χ2n) is 2.79. The van der Waals surface area contributed by atoms with Gasteiger partial charge >= 0.3 is 0 Å². The second-order valence-corrected chi connectivity index (χ2v) is 2.79. The zero-order chi connectivity index (χ0) is 9.36. The molecule has 0 aliphatic rings. The van der Waals surface area contributed by atoms with Crippen LogP contribution < -0.4 is 5.32 Å². The van der Waals surface area contributed by atoms with Gasteiger partial charge in [0.25, 0.3) is 0 Å². The Labute approximate surface area is 79.8 Å². The molecule has 0 bridgehead atoms. The molecule has 0 atom stereocenters. The van der Waals surface area contributed by atoms with Crippen LogP contribution in [0.25, 0.3) is 0 Å². The summed E-state index contributed by atoms with van der Waals surface area (Å²) in [6.07, 6.45) is 6.89. The zero-order valence-electron chi connectivity index (χ0n) is 7.74. The van der Waals surface area contributed by atoms with E-state index in [1.807, 2.05) is 18.3 Å². The summed E-state index contributed by atoms with van der Waals surface area (Å²) in [5, 5.41) is 3.11. The van der Waals surface area contributed by atoms with E-state index in [9.17, 15) is 0 Å². The second kappa shape index (κ2) is 6.06. The maximum atomic E-state index is 3.62. The molecule has 1 N–H and O–H groups in total. The molecule has 0 heterocycles. The average Bonchev–Trinajstić information content (AvgIpc) is 2.19. The summed E-state index contributed by atoms with van der Waals surface area (Å²) in [5.74, 6) is 0. The van der Waals surface area contributed by atoms with Crippen molar-refractivity contribution in [1.29, 1.82) is 0 Å². The molecule has 13 heavy (non-hydrogen) atoms. The number of allylic oxidation sites excluding steroid dienone is 1. The molecule has 0 amide bonds. The number of rotatable bonds is 5. The average molecular weight is 173 g/mol. The Morgan fingerprint density at radius 1 is 1.23 bits per heavy atom. The van der Waals surface area contributed by atoms with Gasteiger partial charge in [-0.05, 0) is 18.2 Å². The van der Waals surface area contributed by atoms with Crippen LogP contribution in [-0.4, -0.2) is 6.54 Å². The number of nitrogens with one attached hydrogen (secondary N) is 1. The Kier molecular flexibility index (Phi) is 4.47. The van der Waals surface area contributed by atoms with Gasteiger partial charge in [0.05, 0.1) is 0 Å². The molecule has 1 rings (SSSR count). The maximum Gasteiger partial charge on any atom is 0.0322 e. The van der Waals surface area contributed by atoms with Crippen LogP contribution in [-0.2, 0) is 6.42 Å². The van der Waals surface area contributed by atoms with Gasteiger partial charge in [0.15, 0.2) is 0 Å². The van der Waals surface area contributed by atoms with Gasteiger partial charge in [-0.15, -0.1) is 6.58 Å². The Balaban J connectivity index is 2.26. The van der Waals surface area contributed by atoms with Gasteiger partial charge in [0.1, 0.15) is 0 Å². The standard InChI is InChI=1S/C12H15N/c1-2-10-13-11-6-9-12-7-4-3-5-8-12/h2-8,11,13H,1,9-10H2. The van der Waals surface area contributed by atoms with Crippen LogP contribution in [0, 0.1) is 0 Å². The maximum absolute atomic E-state index is 3.62. The molecule has 0 spiro atoms.